The first-order valence-electron chi connectivity index (χ1n) is 5.64. The largest absolute Gasteiger partial charge is 0.496 e. The van der Waals surface area contributed by atoms with Crippen LogP contribution in [0.3, 0.4) is 0 Å². The quantitative estimate of drug-likeness (QED) is 0.749. The van der Waals surface area contributed by atoms with Crippen molar-refractivity contribution in [2.45, 2.75) is 6.92 Å². The van der Waals surface area contributed by atoms with Crippen LogP contribution in [0.15, 0.2) is 47.5 Å². The maximum atomic E-state index is 5.96. The Hall–Kier alpha value is -1.80. The van der Waals surface area contributed by atoms with E-state index in [9.17, 15) is 0 Å². The van der Waals surface area contributed by atoms with Crippen LogP contribution in [-0.4, -0.2) is 13.3 Å². The van der Waals surface area contributed by atoms with Crippen LogP contribution in [0.1, 0.15) is 11.1 Å². The molecule has 0 saturated heterocycles. The van der Waals surface area contributed by atoms with Crippen LogP contribution in [0.25, 0.3) is 0 Å². The number of halogens is 1. The van der Waals surface area contributed by atoms with Gasteiger partial charge in [0.2, 0.25) is 0 Å². The number of ether oxygens (including phenoxy) is 1. The summed E-state index contributed by atoms with van der Waals surface area (Å²) in [6, 6.07) is 13.4. The summed E-state index contributed by atoms with van der Waals surface area (Å²) < 4.78 is 5.27. The minimum atomic E-state index is 0.688. The molecule has 0 radical (unpaired) electrons. The van der Waals surface area contributed by atoms with Crippen molar-refractivity contribution in [2.75, 3.05) is 7.11 Å². The van der Waals surface area contributed by atoms with Crippen molar-refractivity contribution in [1.82, 2.24) is 0 Å². The molecule has 0 aliphatic rings. The third-order valence-electron chi connectivity index (χ3n) is 2.65. The molecule has 0 aliphatic carbocycles. The molecule has 2 rings (SSSR count). The third-order valence-corrected chi connectivity index (χ3v) is 2.89. The van der Waals surface area contributed by atoms with Crippen molar-refractivity contribution < 1.29 is 4.74 Å². The van der Waals surface area contributed by atoms with Gasteiger partial charge in [0.05, 0.1) is 12.8 Å². The Morgan fingerprint density at radius 1 is 1.17 bits per heavy atom. The molecule has 0 amide bonds. The lowest BCUT2D eigenvalue weighted by atomic mass is 10.2. The van der Waals surface area contributed by atoms with Crippen LogP contribution in [0, 0.1) is 6.92 Å². The third kappa shape index (κ3) is 2.90. The van der Waals surface area contributed by atoms with E-state index in [1.807, 2.05) is 49.4 Å². The molecule has 0 bridgehead atoms. The number of aliphatic imine (C=N–C) groups is 1. The number of methoxy groups -OCH3 is 1. The molecule has 2 aromatic rings. The van der Waals surface area contributed by atoms with Crippen LogP contribution >= 0.6 is 11.6 Å². The molecule has 0 fully saturated rings. The van der Waals surface area contributed by atoms with E-state index in [0.717, 1.165) is 22.6 Å². The van der Waals surface area contributed by atoms with Crippen molar-refractivity contribution in [1.29, 1.82) is 0 Å². The second-order valence-electron chi connectivity index (χ2n) is 3.93. The van der Waals surface area contributed by atoms with E-state index in [2.05, 4.69) is 4.99 Å². The van der Waals surface area contributed by atoms with Crippen LogP contribution < -0.4 is 4.74 Å². The van der Waals surface area contributed by atoms with Crippen LogP contribution in [0.4, 0.5) is 5.69 Å². The molecule has 0 spiro atoms. The lowest BCUT2D eigenvalue weighted by molar-refractivity contribution is 0.414. The van der Waals surface area contributed by atoms with Crippen molar-refractivity contribution >= 4 is 23.5 Å². The molecule has 18 heavy (non-hydrogen) atoms. The molecule has 0 atom stereocenters. The Morgan fingerprint density at radius 3 is 2.72 bits per heavy atom. The zero-order chi connectivity index (χ0) is 13.0. The molecular weight excluding hydrogens is 246 g/mol. The molecule has 2 nitrogen and oxygen atoms in total. The summed E-state index contributed by atoms with van der Waals surface area (Å²) in [6.45, 7) is 2.01. The number of rotatable bonds is 3. The molecule has 92 valence electrons. The van der Waals surface area contributed by atoms with E-state index in [-0.39, 0.29) is 0 Å². The first-order valence-corrected chi connectivity index (χ1v) is 6.02. The van der Waals surface area contributed by atoms with Gasteiger partial charge in [-0.05, 0) is 36.8 Å². The number of nitrogens with zero attached hydrogens (tertiary/aromatic N) is 1. The number of hydrogen-bond acceptors (Lipinski definition) is 2. The summed E-state index contributed by atoms with van der Waals surface area (Å²) in [5.41, 5.74) is 2.90. The van der Waals surface area contributed by atoms with Gasteiger partial charge in [-0.15, -0.1) is 0 Å². The van der Waals surface area contributed by atoms with Crippen LogP contribution in [0.2, 0.25) is 5.02 Å². The highest BCUT2D eigenvalue weighted by atomic mass is 35.5. The average Bonchev–Trinajstić information content (AvgIpc) is 2.40. The standard InChI is InChI=1S/C15H14ClNO/c1-11-7-8-13(16)9-14(11)17-10-12-5-3-4-6-15(12)18-2/h3-10H,1-2H3. The van der Waals surface area contributed by atoms with Gasteiger partial charge in [0.25, 0.3) is 0 Å². The molecule has 0 heterocycles. The summed E-state index contributed by atoms with van der Waals surface area (Å²) in [6.07, 6.45) is 1.79. The Kier molecular flexibility index (Phi) is 4.00. The van der Waals surface area contributed by atoms with Gasteiger partial charge in [-0.3, -0.25) is 4.99 Å². The molecule has 3 heteroatoms. The van der Waals surface area contributed by atoms with Crippen molar-refractivity contribution in [3.63, 3.8) is 0 Å². The minimum absolute atomic E-state index is 0.688. The van der Waals surface area contributed by atoms with Crippen LogP contribution in [-0.2, 0) is 0 Å². The molecular formula is C15H14ClNO. The van der Waals surface area contributed by atoms with Gasteiger partial charge in [0, 0.05) is 16.8 Å². The lowest BCUT2D eigenvalue weighted by Gasteiger charge is -2.04. The molecule has 0 aromatic heterocycles. The maximum absolute atomic E-state index is 5.96. The summed E-state index contributed by atoms with van der Waals surface area (Å²) in [4.78, 5) is 4.46. The van der Waals surface area contributed by atoms with E-state index >= 15 is 0 Å². The van der Waals surface area contributed by atoms with E-state index < -0.39 is 0 Å². The van der Waals surface area contributed by atoms with Gasteiger partial charge in [0.15, 0.2) is 0 Å². The van der Waals surface area contributed by atoms with Crippen LogP contribution in [0.5, 0.6) is 5.75 Å². The highest BCUT2D eigenvalue weighted by molar-refractivity contribution is 6.30. The topological polar surface area (TPSA) is 21.6 Å². The highest BCUT2D eigenvalue weighted by Crippen LogP contribution is 2.23. The van der Waals surface area contributed by atoms with Crippen molar-refractivity contribution in [3.8, 4) is 5.75 Å². The van der Waals surface area contributed by atoms with Gasteiger partial charge < -0.3 is 4.74 Å². The molecule has 0 unspecified atom stereocenters. The summed E-state index contributed by atoms with van der Waals surface area (Å²) in [7, 11) is 1.65. The second-order valence-corrected chi connectivity index (χ2v) is 4.37. The fourth-order valence-electron chi connectivity index (χ4n) is 1.63. The van der Waals surface area contributed by atoms with E-state index in [1.54, 1.807) is 13.3 Å². The van der Waals surface area contributed by atoms with E-state index in [4.69, 9.17) is 16.3 Å². The summed E-state index contributed by atoms with van der Waals surface area (Å²) in [5.74, 6) is 0.806. The number of benzene rings is 2. The minimum Gasteiger partial charge on any atom is -0.496 e. The van der Waals surface area contributed by atoms with E-state index in [1.165, 1.54) is 0 Å². The first-order chi connectivity index (χ1) is 8.70. The Balaban J connectivity index is 2.33. The normalized spacial score (nSPS) is 10.8. The SMILES string of the molecule is COc1ccccc1C=Nc1cc(Cl)ccc1C. The number of hydrogen-bond donors (Lipinski definition) is 0. The smallest absolute Gasteiger partial charge is 0.127 e. The fourth-order valence-corrected chi connectivity index (χ4v) is 1.80. The predicted octanol–water partition coefficient (Wildman–Crippen LogP) is 4.41. The molecule has 0 N–H and O–H groups in total. The van der Waals surface area contributed by atoms with Crippen molar-refractivity contribution in [2.24, 2.45) is 4.99 Å². The zero-order valence-electron chi connectivity index (χ0n) is 10.4. The molecule has 0 saturated carbocycles. The Bertz CT molecular complexity index is 578. The average molecular weight is 260 g/mol. The Labute approximate surface area is 112 Å². The van der Waals surface area contributed by atoms with Crippen molar-refractivity contribution in [3.05, 3.63) is 58.6 Å². The molecule has 0 aliphatic heterocycles. The van der Waals surface area contributed by atoms with Gasteiger partial charge in [0.1, 0.15) is 5.75 Å². The summed E-state index contributed by atoms with van der Waals surface area (Å²) in [5, 5.41) is 0.688. The number of aryl methyl sites for hydroxylation is 1. The number of para-hydroxylation sites is 1. The fraction of sp³-hybridized carbons (Fsp3) is 0.133. The monoisotopic (exact) mass is 259 g/mol. The van der Waals surface area contributed by atoms with Gasteiger partial charge in [-0.1, -0.05) is 29.8 Å². The maximum Gasteiger partial charge on any atom is 0.127 e. The van der Waals surface area contributed by atoms with Gasteiger partial charge >= 0.3 is 0 Å². The van der Waals surface area contributed by atoms with E-state index in [0.29, 0.717) is 5.02 Å². The Morgan fingerprint density at radius 2 is 1.94 bits per heavy atom. The zero-order valence-corrected chi connectivity index (χ0v) is 11.1. The lowest BCUT2D eigenvalue weighted by Crippen LogP contribution is -1.89. The van der Waals surface area contributed by atoms with Gasteiger partial charge in [-0.25, -0.2) is 0 Å². The first kappa shape index (κ1) is 12.7. The van der Waals surface area contributed by atoms with Gasteiger partial charge in [-0.2, -0.15) is 0 Å². The molecule has 2 aromatic carbocycles. The summed E-state index contributed by atoms with van der Waals surface area (Å²) >= 11 is 5.96. The highest BCUT2D eigenvalue weighted by Gasteiger charge is 2.00. The predicted molar refractivity (Wildman–Crippen MR) is 76.4 cm³/mol. The second kappa shape index (κ2) is 5.69.